The van der Waals surface area contributed by atoms with Crippen LogP contribution in [0.15, 0.2) is 5.38 Å². The van der Waals surface area contributed by atoms with E-state index in [9.17, 15) is 0 Å². The summed E-state index contributed by atoms with van der Waals surface area (Å²) >= 11 is 8.10. The van der Waals surface area contributed by atoms with Crippen molar-refractivity contribution in [2.75, 3.05) is 0 Å². The average Bonchev–Trinajstić information content (AvgIpc) is 3.05. The Kier molecular flexibility index (Phi) is 3.68. The van der Waals surface area contributed by atoms with Gasteiger partial charge in [0.05, 0.1) is 11.1 Å². The molecule has 2 aliphatic rings. The minimum atomic E-state index is 0.237. The summed E-state index contributed by atoms with van der Waals surface area (Å²) in [6, 6.07) is 0.237. The summed E-state index contributed by atoms with van der Waals surface area (Å²) in [5.74, 6) is 8.56. The number of rotatable bonds is 4. The van der Waals surface area contributed by atoms with Gasteiger partial charge in [-0.1, -0.05) is 18.0 Å². The molecule has 2 saturated carbocycles. The van der Waals surface area contributed by atoms with Crippen LogP contribution in [0.1, 0.15) is 48.6 Å². The van der Waals surface area contributed by atoms with Gasteiger partial charge >= 0.3 is 0 Å². The van der Waals surface area contributed by atoms with Gasteiger partial charge in [-0.25, -0.2) is 0 Å². The fourth-order valence-corrected chi connectivity index (χ4v) is 5.30. The van der Waals surface area contributed by atoms with E-state index in [0.717, 1.165) is 29.2 Å². The molecule has 2 aliphatic carbocycles. The van der Waals surface area contributed by atoms with Crippen LogP contribution in [-0.2, 0) is 0 Å². The lowest BCUT2D eigenvalue weighted by Gasteiger charge is -2.26. The molecule has 1 aromatic heterocycles. The Balaban J connectivity index is 1.71. The first kappa shape index (κ1) is 12.9. The van der Waals surface area contributed by atoms with E-state index in [2.05, 4.69) is 17.7 Å². The molecule has 4 heteroatoms. The van der Waals surface area contributed by atoms with Crippen LogP contribution >= 0.6 is 22.9 Å². The molecule has 0 aromatic carbocycles. The third-order valence-corrected chi connectivity index (χ3v) is 6.69. The highest BCUT2D eigenvalue weighted by Crippen LogP contribution is 2.51. The highest BCUT2D eigenvalue weighted by Gasteiger charge is 2.40. The van der Waals surface area contributed by atoms with Gasteiger partial charge in [0.1, 0.15) is 0 Å². The fraction of sp³-hybridized carbons (Fsp3) is 0.714. The Morgan fingerprint density at radius 3 is 2.83 bits per heavy atom. The van der Waals surface area contributed by atoms with Gasteiger partial charge in [-0.15, -0.1) is 11.3 Å². The molecule has 2 fully saturated rings. The predicted molar refractivity (Wildman–Crippen MR) is 77.7 cm³/mol. The number of thiophene rings is 1. The van der Waals surface area contributed by atoms with Crippen LogP contribution in [0, 0.1) is 24.7 Å². The molecule has 3 rings (SSSR count). The summed E-state index contributed by atoms with van der Waals surface area (Å²) in [5.41, 5.74) is 4.16. The average molecular weight is 285 g/mol. The summed E-state index contributed by atoms with van der Waals surface area (Å²) in [4.78, 5) is 1.22. The molecule has 100 valence electrons. The minimum Gasteiger partial charge on any atom is -0.271 e. The zero-order chi connectivity index (χ0) is 12.7. The maximum atomic E-state index is 6.36. The Labute approximate surface area is 118 Å². The standard InChI is InChI=1S/C14H21ClN2S/c1-8-7-18-14(13(8)15)12(17-16)6-11-5-9-2-3-10(11)4-9/h7,9-12,17H,2-6,16H2,1H3. The lowest BCUT2D eigenvalue weighted by atomic mass is 9.84. The first-order chi connectivity index (χ1) is 8.69. The summed E-state index contributed by atoms with van der Waals surface area (Å²) in [7, 11) is 0. The van der Waals surface area contributed by atoms with Gasteiger partial charge in [0, 0.05) is 4.88 Å². The van der Waals surface area contributed by atoms with E-state index < -0.39 is 0 Å². The van der Waals surface area contributed by atoms with Gasteiger partial charge in [-0.05, 0) is 61.3 Å². The van der Waals surface area contributed by atoms with Crippen molar-refractivity contribution in [3.8, 4) is 0 Å². The van der Waals surface area contributed by atoms with E-state index in [4.69, 9.17) is 17.4 Å². The minimum absolute atomic E-state index is 0.237. The Morgan fingerprint density at radius 1 is 1.50 bits per heavy atom. The second-order valence-corrected chi connectivity index (χ2v) is 7.28. The first-order valence-corrected chi connectivity index (χ1v) is 8.14. The van der Waals surface area contributed by atoms with Gasteiger partial charge in [0.25, 0.3) is 0 Å². The summed E-state index contributed by atoms with van der Waals surface area (Å²) in [5, 5.41) is 3.04. The molecule has 0 amide bonds. The molecule has 1 heterocycles. The largest absolute Gasteiger partial charge is 0.271 e. The van der Waals surface area contributed by atoms with Crippen molar-refractivity contribution in [3.63, 3.8) is 0 Å². The molecule has 0 spiro atoms. The van der Waals surface area contributed by atoms with Crippen molar-refractivity contribution in [1.82, 2.24) is 5.43 Å². The number of fused-ring (bicyclic) bond motifs is 2. The highest BCUT2D eigenvalue weighted by atomic mass is 35.5. The number of hydrogen-bond acceptors (Lipinski definition) is 3. The van der Waals surface area contributed by atoms with Gasteiger partial charge in [-0.2, -0.15) is 0 Å². The Hall–Kier alpha value is -0.0900. The molecule has 4 atom stereocenters. The van der Waals surface area contributed by atoms with Gasteiger partial charge in [0.15, 0.2) is 0 Å². The van der Waals surface area contributed by atoms with E-state index in [1.165, 1.54) is 36.1 Å². The second-order valence-electron chi connectivity index (χ2n) is 5.99. The lowest BCUT2D eigenvalue weighted by molar-refractivity contribution is 0.281. The normalized spacial score (nSPS) is 32.1. The quantitative estimate of drug-likeness (QED) is 0.647. The van der Waals surface area contributed by atoms with Crippen molar-refractivity contribution in [1.29, 1.82) is 0 Å². The van der Waals surface area contributed by atoms with Gasteiger partial charge in [0.2, 0.25) is 0 Å². The van der Waals surface area contributed by atoms with Gasteiger partial charge < -0.3 is 0 Å². The number of nitrogens with one attached hydrogen (secondary N) is 1. The van der Waals surface area contributed by atoms with Crippen LogP contribution < -0.4 is 11.3 Å². The Morgan fingerprint density at radius 2 is 2.33 bits per heavy atom. The number of halogens is 1. The first-order valence-electron chi connectivity index (χ1n) is 6.88. The van der Waals surface area contributed by atoms with Crippen molar-refractivity contribution >= 4 is 22.9 Å². The Bertz CT molecular complexity index is 431. The summed E-state index contributed by atoms with van der Waals surface area (Å²) in [6.45, 7) is 2.06. The fourth-order valence-electron chi connectivity index (χ4n) is 3.90. The topological polar surface area (TPSA) is 38.0 Å². The van der Waals surface area contributed by atoms with Crippen molar-refractivity contribution in [2.24, 2.45) is 23.6 Å². The van der Waals surface area contributed by atoms with E-state index in [1.807, 2.05) is 0 Å². The molecule has 3 N–H and O–H groups in total. The number of aryl methyl sites for hydroxylation is 1. The van der Waals surface area contributed by atoms with E-state index in [0.29, 0.717) is 0 Å². The molecule has 0 aliphatic heterocycles. The molecule has 1 aromatic rings. The highest BCUT2D eigenvalue weighted by molar-refractivity contribution is 7.10. The molecular weight excluding hydrogens is 264 g/mol. The van der Waals surface area contributed by atoms with Gasteiger partial charge in [-0.3, -0.25) is 11.3 Å². The molecule has 18 heavy (non-hydrogen) atoms. The molecule has 0 radical (unpaired) electrons. The monoisotopic (exact) mass is 284 g/mol. The van der Waals surface area contributed by atoms with Crippen LogP contribution in [0.2, 0.25) is 5.02 Å². The summed E-state index contributed by atoms with van der Waals surface area (Å²) in [6.07, 6.45) is 6.91. The molecule has 2 bridgehead atoms. The van der Waals surface area contributed by atoms with Crippen LogP contribution in [-0.4, -0.2) is 0 Å². The molecular formula is C14H21ClN2S. The van der Waals surface area contributed by atoms with Crippen LogP contribution in [0.4, 0.5) is 0 Å². The van der Waals surface area contributed by atoms with Crippen molar-refractivity contribution < 1.29 is 0 Å². The summed E-state index contributed by atoms with van der Waals surface area (Å²) < 4.78 is 0. The number of hydrogen-bond donors (Lipinski definition) is 2. The van der Waals surface area contributed by atoms with Crippen LogP contribution in [0.3, 0.4) is 0 Å². The molecule has 2 nitrogen and oxygen atoms in total. The maximum Gasteiger partial charge on any atom is 0.0590 e. The zero-order valence-corrected chi connectivity index (χ0v) is 12.4. The molecule has 0 saturated heterocycles. The van der Waals surface area contributed by atoms with Crippen molar-refractivity contribution in [2.45, 2.75) is 45.1 Å². The lowest BCUT2D eigenvalue weighted by Crippen LogP contribution is -2.30. The second kappa shape index (κ2) is 5.12. The number of hydrazine groups is 1. The van der Waals surface area contributed by atoms with Crippen molar-refractivity contribution in [3.05, 3.63) is 20.8 Å². The molecule has 4 unspecified atom stereocenters. The van der Waals surface area contributed by atoms with E-state index in [1.54, 1.807) is 11.3 Å². The zero-order valence-electron chi connectivity index (χ0n) is 10.8. The third kappa shape index (κ3) is 2.22. The predicted octanol–water partition coefficient (Wildman–Crippen LogP) is 4.04. The third-order valence-electron chi connectivity index (χ3n) is 4.87. The van der Waals surface area contributed by atoms with E-state index >= 15 is 0 Å². The smallest absolute Gasteiger partial charge is 0.0590 e. The number of nitrogens with two attached hydrogens (primary N) is 1. The van der Waals surface area contributed by atoms with Crippen LogP contribution in [0.5, 0.6) is 0 Å². The van der Waals surface area contributed by atoms with E-state index in [-0.39, 0.29) is 6.04 Å². The maximum absolute atomic E-state index is 6.36. The van der Waals surface area contributed by atoms with Crippen LogP contribution in [0.25, 0.3) is 0 Å². The SMILES string of the molecule is Cc1csc(C(CC2CC3CCC2C3)NN)c1Cl.